The van der Waals surface area contributed by atoms with Crippen LogP contribution in [0.3, 0.4) is 0 Å². The number of carbonyl (C=O) groups is 1. The summed E-state index contributed by atoms with van der Waals surface area (Å²) in [5, 5.41) is 12.0. The Labute approximate surface area is 142 Å². The van der Waals surface area contributed by atoms with E-state index in [4.69, 9.17) is 5.11 Å². The molecule has 0 saturated carbocycles. The van der Waals surface area contributed by atoms with Crippen molar-refractivity contribution in [1.29, 1.82) is 0 Å². The van der Waals surface area contributed by atoms with Crippen LogP contribution in [-0.4, -0.2) is 58.2 Å². The van der Waals surface area contributed by atoms with Gasteiger partial charge in [-0.3, -0.25) is 4.79 Å². The summed E-state index contributed by atoms with van der Waals surface area (Å²) in [7, 11) is 0. The molecule has 132 valence electrons. The predicted octanol–water partition coefficient (Wildman–Crippen LogP) is 1.74. The molecule has 1 unspecified atom stereocenters. The van der Waals surface area contributed by atoms with E-state index in [1.54, 1.807) is 6.92 Å². The molecule has 2 saturated heterocycles. The van der Waals surface area contributed by atoms with Gasteiger partial charge in [-0.05, 0) is 45.4 Å². The zero-order valence-electron chi connectivity index (χ0n) is 14.2. The maximum Gasteiger partial charge on any atom is 0.325 e. The highest BCUT2D eigenvalue weighted by molar-refractivity contribution is 5.76. The lowest BCUT2D eigenvalue weighted by molar-refractivity contribution is -0.137. The molecule has 1 aromatic rings. The van der Waals surface area contributed by atoms with Crippen molar-refractivity contribution in [1.82, 2.24) is 15.0 Å². The van der Waals surface area contributed by atoms with Gasteiger partial charge in [0.1, 0.15) is 6.04 Å². The summed E-state index contributed by atoms with van der Waals surface area (Å²) in [5.41, 5.74) is 0. The van der Waals surface area contributed by atoms with Crippen molar-refractivity contribution in [3.63, 3.8) is 0 Å². The van der Waals surface area contributed by atoms with Gasteiger partial charge in [-0.25, -0.2) is 0 Å². The zero-order chi connectivity index (χ0) is 16.9. The molecule has 8 nitrogen and oxygen atoms in total. The van der Waals surface area contributed by atoms with Gasteiger partial charge in [0.15, 0.2) is 0 Å². The van der Waals surface area contributed by atoms with Gasteiger partial charge >= 0.3 is 5.97 Å². The Balaban J connectivity index is 1.87. The Morgan fingerprint density at radius 3 is 1.79 bits per heavy atom. The summed E-state index contributed by atoms with van der Waals surface area (Å²) >= 11 is 0. The molecule has 8 heteroatoms. The fourth-order valence-electron chi connectivity index (χ4n) is 3.14. The van der Waals surface area contributed by atoms with Crippen molar-refractivity contribution < 1.29 is 9.90 Å². The zero-order valence-corrected chi connectivity index (χ0v) is 14.2. The number of hydrogen-bond acceptors (Lipinski definition) is 7. The van der Waals surface area contributed by atoms with Crippen molar-refractivity contribution in [3.05, 3.63) is 0 Å². The molecule has 2 N–H and O–H groups in total. The number of aromatic nitrogens is 3. The van der Waals surface area contributed by atoms with Crippen LogP contribution >= 0.6 is 0 Å². The molecule has 2 aliphatic heterocycles. The number of hydrogen-bond donors (Lipinski definition) is 2. The number of carboxylic acid groups (broad SMARTS) is 1. The van der Waals surface area contributed by atoms with Gasteiger partial charge < -0.3 is 20.2 Å². The molecule has 0 bridgehead atoms. The highest BCUT2D eigenvalue weighted by Crippen LogP contribution is 2.22. The molecule has 2 fully saturated rings. The van der Waals surface area contributed by atoms with Gasteiger partial charge in [0.25, 0.3) is 0 Å². The van der Waals surface area contributed by atoms with Gasteiger partial charge in [-0.2, -0.15) is 15.0 Å². The van der Waals surface area contributed by atoms with E-state index in [1.807, 2.05) is 0 Å². The Bertz CT molecular complexity index is 533. The normalized spacial score (nSPS) is 19.9. The molecule has 1 aromatic heterocycles. The van der Waals surface area contributed by atoms with Gasteiger partial charge in [0.05, 0.1) is 0 Å². The number of nitrogens with zero attached hydrogens (tertiary/aromatic N) is 5. The van der Waals surface area contributed by atoms with Crippen molar-refractivity contribution >= 4 is 23.8 Å². The van der Waals surface area contributed by atoms with E-state index < -0.39 is 12.0 Å². The lowest BCUT2D eigenvalue weighted by Crippen LogP contribution is -2.35. The van der Waals surface area contributed by atoms with Gasteiger partial charge in [0.2, 0.25) is 17.8 Å². The molecular formula is C16H26N6O2. The number of nitrogens with one attached hydrogen (secondary N) is 1. The standard InChI is InChI=1S/C16H26N6O2/c1-12(13(23)24)17-14-18-15(21-8-4-2-5-9-21)20-16(19-14)22-10-6-3-7-11-22/h12H,2-11H2,1H3,(H,23,24)(H,17,18,19,20). The number of carboxylic acids is 1. The van der Waals surface area contributed by atoms with E-state index in [0.717, 1.165) is 51.9 Å². The third-order valence-corrected chi connectivity index (χ3v) is 4.61. The average Bonchev–Trinajstić information content (AvgIpc) is 2.63. The summed E-state index contributed by atoms with van der Waals surface area (Å²) in [6.45, 7) is 5.36. The largest absolute Gasteiger partial charge is 0.480 e. The summed E-state index contributed by atoms with van der Waals surface area (Å²) in [4.78, 5) is 29.1. The summed E-state index contributed by atoms with van der Waals surface area (Å²) in [6, 6.07) is -0.740. The molecular weight excluding hydrogens is 308 g/mol. The molecule has 0 spiro atoms. The molecule has 2 aliphatic rings. The van der Waals surface area contributed by atoms with Gasteiger partial charge in [0, 0.05) is 26.2 Å². The first-order valence-corrected chi connectivity index (χ1v) is 8.89. The molecule has 1 atom stereocenters. The monoisotopic (exact) mass is 334 g/mol. The molecule has 0 aromatic carbocycles. The maximum absolute atomic E-state index is 11.1. The van der Waals surface area contributed by atoms with Crippen molar-refractivity contribution in [2.75, 3.05) is 41.3 Å². The topological polar surface area (TPSA) is 94.5 Å². The molecule has 0 aliphatic carbocycles. The number of rotatable bonds is 5. The first-order chi connectivity index (χ1) is 11.6. The lowest BCUT2D eigenvalue weighted by Gasteiger charge is -2.30. The number of piperidine rings is 2. The van der Waals surface area contributed by atoms with Crippen LogP contribution < -0.4 is 15.1 Å². The number of anilines is 3. The third-order valence-electron chi connectivity index (χ3n) is 4.61. The lowest BCUT2D eigenvalue weighted by atomic mass is 10.1. The maximum atomic E-state index is 11.1. The molecule has 0 amide bonds. The summed E-state index contributed by atoms with van der Waals surface area (Å²) in [5.74, 6) is 0.742. The van der Waals surface area contributed by atoms with Crippen LogP contribution in [0.5, 0.6) is 0 Å². The van der Waals surface area contributed by atoms with Crippen molar-refractivity contribution in [3.8, 4) is 0 Å². The number of aliphatic carboxylic acids is 1. The molecule has 3 heterocycles. The van der Waals surface area contributed by atoms with Gasteiger partial charge in [-0.1, -0.05) is 0 Å². The van der Waals surface area contributed by atoms with Crippen molar-refractivity contribution in [2.24, 2.45) is 0 Å². The Kier molecular flexibility index (Phi) is 5.32. The van der Waals surface area contributed by atoms with E-state index >= 15 is 0 Å². The quantitative estimate of drug-likeness (QED) is 0.841. The first-order valence-electron chi connectivity index (χ1n) is 8.89. The van der Waals surface area contributed by atoms with E-state index in [1.165, 1.54) is 12.8 Å². The van der Waals surface area contributed by atoms with Crippen LogP contribution in [0.2, 0.25) is 0 Å². The van der Waals surface area contributed by atoms with Crippen LogP contribution in [-0.2, 0) is 4.79 Å². The van der Waals surface area contributed by atoms with E-state index in [-0.39, 0.29) is 0 Å². The highest BCUT2D eigenvalue weighted by Gasteiger charge is 2.21. The Hall–Kier alpha value is -2.12. The third kappa shape index (κ3) is 4.04. The molecule has 0 radical (unpaired) electrons. The predicted molar refractivity (Wildman–Crippen MR) is 92.7 cm³/mol. The Morgan fingerprint density at radius 2 is 1.38 bits per heavy atom. The minimum atomic E-state index is -0.922. The summed E-state index contributed by atoms with van der Waals surface area (Å²) < 4.78 is 0. The Morgan fingerprint density at radius 1 is 0.917 bits per heavy atom. The van der Waals surface area contributed by atoms with E-state index in [0.29, 0.717) is 17.8 Å². The smallest absolute Gasteiger partial charge is 0.325 e. The fourth-order valence-corrected chi connectivity index (χ4v) is 3.14. The minimum absolute atomic E-state index is 0.348. The molecule has 24 heavy (non-hydrogen) atoms. The second-order valence-electron chi connectivity index (χ2n) is 6.56. The van der Waals surface area contributed by atoms with Crippen LogP contribution in [0.4, 0.5) is 17.8 Å². The molecule has 3 rings (SSSR count). The van der Waals surface area contributed by atoms with Crippen LogP contribution in [0, 0.1) is 0 Å². The second-order valence-corrected chi connectivity index (χ2v) is 6.56. The fraction of sp³-hybridized carbons (Fsp3) is 0.750. The SMILES string of the molecule is CC(Nc1nc(N2CCCCC2)nc(N2CCCCC2)n1)C(=O)O. The van der Waals surface area contributed by atoms with E-state index in [2.05, 4.69) is 30.1 Å². The summed E-state index contributed by atoms with van der Waals surface area (Å²) in [6.07, 6.45) is 7.03. The first kappa shape index (κ1) is 16.7. The average molecular weight is 334 g/mol. The van der Waals surface area contributed by atoms with Crippen LogP contribution in [0.15, 0.2) is 0 Å². The van der Waals surface area contributed by atoms with Crippen molar-refractivity contribution in [2.45, 2.75) is 51.5 Å². The van der Waals surface area contributed by atoms with Gasteiger partial charge in [-0.15, -0.1) is 0 Å². The van der Waals surface area contributed by atoms with Crippen LogP contribution in [0.1, 0.15) is 45.4 Å². The van der Waals surface area contributed by atoms with Crippen LogP contribution in [0.25, 0.3) is 0 Å². The highest BCUT2D eigenvalue weighted by atomic mass is 16.4. The minimum Gasteiger partial charge on any atom is -0.480 e. The second kappa shape index (κ2) is 7.63. The van der Waals surface area contributed by atoms with E-state index in [9.17, 15) is 4.79 Å².